The van der Waals surface area contributed by atoms with Crippen LogP contribution in [-0.2, 0) is 19.4 Å². The van der Waals surface area contributed by atoms with Gasteiger partial charge >= 0.3 is 6.03 Å². The predicted octanol–water partition coefficient (Wildman–Crippen LogP) is 3.87. The Morgan fingerprint density at radius 3 is 2.60 bits per heavy atom. The first kappa shape index (κ1) is 32.1. The highest BCUT2D eigenvalue weighted by molar-refractivity contribution is 7.90. The van der Waals surface area contributed by atoms with Gasteiger partial charge in [0.15, 0.2) is 0 Å². The highest BCUT2D eigenvalue weighted by atomic mass is 32.2. The molecule has 0 aliphatic carbocycles. The van der Waals surface area contributed by atoms with Crippen LogP contribution in [0.15, 0.2) is 66.2 Å². The van der Waals surface area contributed by atoms with Crippen molar-refractivity contribution >= 4 is 21.7 Å². The van der Waals surface area contributed by atoms with Crippen molar-refractivity contribution in [1.82, 2.24) is 35.1 Å². The molecule has 2 N–H and O–H groups in total. The van der Waals surface area contributed by atoms with Gasteiger partial charge in [-0.05, 0) is 49.6 Å². The Morgan fingerprint density at radius 1 is 1.16 bits per heavy atom. The fourth-order valence-corrected chi connectivity index (χ4v) is 5.59. The normalized spacial score (nSPS) is 17.8. The number of carbonyl (C=O) groups is 1. The second kappa shape index (κ2) is 14.2. The highest BCUT2D eigenvalue weighted by Crippen LogP contribution is 2.31. The maximum absolute atomic E-state index is 14.0. The number of hydrogen-bond donors (Lipinski definition) is 2. The number of ether oxygens (including phenoxy) is 1. The molecule has 1 aliphatic heterocycles. The molecule has 3 aromatic heterocycles. The van der Waals surface area contributed by atoms with Crippen molar-refractivity contribution in [2.24, 2.45) is 0 Å². The van der Waals surface area contributed by atoms with Gasteiger partial charge in [-0.25, -0.2) is 32.8 Å². The van der Waals surface area contributed by atoms with Crippen LogP contribution in [-0.4, -0.2) is 83.3 Å². The number of hydroxylamine groups is 2. The molecule has 2 atom stereocenters. The number of urea groups is 1. The minimum Gasteiger partial charge on any atom is -0.383 e. The molecule has 5 rings (SSSR count). The second-order valence-electron chi connectivity index (χ2n) is 10.7. The van der Waals surface area contributed by atoms with E-state index in [-0.39, 0.29) is 11.2 Å². The lowest BCUT2D eigenvalue weighted by Crippen LogP contribution is -2.42. The summed E-state index contributed by atoms with van der Waals surface area (Å²) in [6, 6.07) is 11.6. The van der Waals surface area contributed by atoms with E-state index in [1.165, 1.54) is 24.7 Å². The van der Waals surface area contributed by atoms with Crippen LogP contribution >= 0.6 is 0 Å². The third kappa shape index (κ3) is 8.05. The number of methoxy groups -OCH3 is 1. The zero-order valence-corrected chi connectivity index (χ0v) is 26.0. The van der Waals surface area contributed by atoms with Crippen molar-refractivity contribution in [2.45, 2.75) is 43.5 Å². The van der Waals surface area contributed by atoms with E-state index in [0.29, 0.717) is 66.4 Å². The van der Waals surface area contributed by atoms with Gasteiger partial charge in [0.25, 0.3) is 0 Å². The summed E-state index contributed by atoms with van der Waals surface area (Å²) < 4.78 is 44.6. The summed E-state index contributed by atoms with van der Waals surface area (Å²) in [6.07, 6.45) is 6.50. The number of aromatic nitrogens is 5. The molecule has 0 bridgehead atoms. The average molecular weight is 639 g/mol. The number of amides is 2. The molecule has 238 valence electrons. The average Bonchev–Trinajstić information content (AvgIpc) is 3.33. The number of hydrogen-bond acceptors (Lipinski definition) is 10. The van der Waals surface area contributed by atoms with Crippen molar-refractivity contribution in [3.8, 4) is 16.9 Å². The minimum absolute atomic E-state index is 0.290. The number of halogens is 1. The predicted molar refractivity (Wildman–Crippen MR) is 164 cm³/mol. The molecule has 13 nitrogen and oxygen atoms in total. The molecule has 0 radical (unpaired) electrons. The Labute approximate surface area is 260 Å². The third-order valence-corrected chi connectivity index (χ3v) is 8.20. The van der Waals surface area contributed by atoms with E-state index in [4.69, 9.17) is 14.7 Å². The van der Waals surface area contributed by atoms with Gasteiger partial charge in [-0.3, -0.25) is 10.2 Å². The Bertz CT molecular complexity index is 1720. The number of para-hydroxylation sites is 1. The maximum Gasteiger partial charge on any atom is 0.320 e. The Kier molecular flexibility index (Phi) is 10.1. The maximum atomic E-state index is 14.0. The van der Waals surface area contributed by atoms with Crippen molar-refractivity contribution < 1.29 is 27.2 Å². The van der Waals surface area contributed by atoms with Crippen molar-refractivity contribution in [1.29, 1.82) is 0 Å². The van der Waals surface area contributed by atoms with Gasteiger partial charge in [-0.1, -0.05) is 18.2 Å². The Morgan fingerprint density at radius 2 is 1.91 bits per heavy atom. The lowest BCUT2D eigenvalue weighted by molar-refractivity contribution is -0.214. The van der Waals surface area contributed by atoms with Crippen molar-refractivity contribution in [2.75, 3.05) is 38.4 Å². The molecule has 4 heterocycles. The lowest BCUT2D eigenvalue weighted by Gasteiger charge is -2.33. The Balaban J connectivity index is 1.39. The molecule has 1 fully saturated rings. The molecule has 15 heteroatoms. The van der Waals surface area contributed by atoms with Crippen LogP contribution in [0.1, 0.15) is 36.5 Å². The molecule has 1 unspecified atom stereocenters. The first-order valence-electron chi connectivity index (χ1n) is 14.4. The first-order valence-corrected chi connectivity index (χ1v) is 16.3. The smallest absolute Gasteiger partial charge is 0.320 e. The van der Waals surface area contributed by atoms with Gasteiger partial charge in [0, 0.05) is 68.6 Å². The van der Waals surface area contributed by atoms with E-state index in [9.17, 15) is 17.6 Å². The summed E-state index contributed by atoms with van der Waals surface area (Å²) in [6.45, 7) is 3.43. The van der Waals surface area contributed by atoms with Crippen LogP contribution in [0.25, 0.3) is 16.9 Å². The molecule has 45 heavy (non-hydrogen) atoms. The molecule has 1 aliphatic rings. The molecular weight excluding hydrogens is 603 g/mol. The lowest BCUT2D eigenvalue weighted by atomic mass is 9.98. The quantitative estimate of drug-likeness (QED) is 0.204. The molecular formula is C30H35FN8O5S. The van der Waals surface area contributed by atoms with E-state index in [2.05, 4.69) is 25.6 Å². The molecule has 2 amide bonds. The zero-order valence-electron chi connectivity index (χ0n) is 25.2. The number of pyridine rings is 1. The summed E-state index contributed by atoms with van der Waals surface area (Å²) in [5, 5.41) is 12.3. The summed E-state index contributed by atoms with van der Waals surface area (Å²) in [5.41, 5.74) is 2.91. The van der Waals surface area contributed by atoms with E-state index >= 15 is 0 Å². The molecule has 1 saturated heterocycles. The molecule has 0 spiro atoms. The van der Waals surface area contributed by atoms with Crippen LogP contribution < -0.4 is 10.6 Å². The number of anilines is 1. The summed E-state index contributed by atoms with van der Waals surface area (Å²) in [5.74, 6) is -0.192. The topological polar surface area (TPSA) is 153 Å². The van der Waals surface area contributed by atoms with Gasteiger partial charge < -0.3 is 10.1 Å². The van der Waals surface area contributed by atoms with Gasteiger partial charge in [0.05, 0.1) is 12.3 Å². The largest absolute Gasteiger partial charge is 0.383 e. The highest BCUT2D eigenvalue weighted by Gasteiger charge is 2.27. The van der Waals surface area contributed by atoms with Crippen LogP contribution in [0.4, 0.5) is 15.0 Å². The summed E-state index contributed by atoms with van der Waals surface area (Å²) in [7, 11) is -1.96. The monoisotopic (exact) mass is 638 g/mol. The van der Waals surface area contributed by atoms with Crippen LogP contribution in [0, 0.1) is 12.9 Å². The van der Waals surface area contributed by atoms with Gasteiger partial charge in [0.1, 0.15) is 17.6 Å². The number of nitrogens with one attached hydrogen (secondary N) is 2. The zero-order chi connectivity index (χ0) is 32.0. The van der Waals surface area contributed by atoms with E-state index < -0.39 is 27.9 Å². The third-order valence-electron chi connectivity index (χ3n) is 7.33. The molecule has 1 aromatic carbocycles. The standard InChI is InChI=1S/C30H35FN8O5S/c1-20-27(22-18-33-30(34-19-22)45(3,41)42)37-39(24-9-5-4-6-10-24)28(20)36-29(40)35-23-8-7-13-38(14-15-43-2)44-25(17-23)21-11-12-32-26(31)16-21/h4-6,9-12,16,18-19,23,25H,7-8,13-15,17H2,1-3H3,(H2,35,36,40)/t23-,25?/m0/s1. The minimum atomic E-state index is -3.58. The summed E-state index contributed by atoms with van der Waals surface area (Å²) in [4.78, 5) is 31.4. The number of benzene rings is 1. The fraction of sp³-hybridized carbons (Fsp3) is 0.367. The first-order chi connectivity index (χ1) is 21.6. The van der Waals surface area contributed by atoms with E-state index in [0.717, 1.165) is 12.7 Å². The Hall–Kier alpha value is -4.31. The van der Waals surface area contributed by atoms with Gasteiger partial charge in [0.2, 0.25) is 20.9 Å². The van der Waals surface area contributed by atoms with Crippen LogP contribution in [0.2, 0.25) is 0 Å². The van der Waals surface area contributed by atoms with Crippen LogP contribution in [0.5, 0.6) is 0 Å². The molecule has 4 aromatic rings. The van der Waals surface area contributed by atoms with E-state index in [1.54, 1.807) is 24.8 Å². The van der Waals surface area contributed by atoms with E-state index in [1.807, 2.05) is 35.4 Å². The molecule has 0 saturated carbocycles. The SMILES string of the molecule is COCCN1CCC[C@H](NC(=O)Nc2c(C)c(-c3cnc(S(C)(=O)=O)nc3)nn2-c2ccccc2)CC(c2ccnc(F)c2)O1. The van der Waals surface area contributed by atoms with Crippen molar-refractivity contribution in [3.05, 3.63) is 78.1 Å². The number of nitrogens with zero attached hydrogens (tertiary/aromatic N) is 6. The van der Waals surface area contributed by atoms with Crippen molar-refractivity contribution in [3.63, 3.8) is 0 Å². The number of sulfone groups is 1. The van der Waals surface area contributed by atoms with Gasteiger partial charge in [-0.2, -0.15) is 14.6 Å². The summed E-state index contributed by atoms with van der Waals surface area (Å²) >= 11 is 0. The van der Waals surface area contributed by atoms with Gasteiger partial charge in [-0.15, -0.1) is 0 Å². The second-order valence-corrected chi connectivity index (χ2v) is 12.6. The number of rotatable bonds is 9. The fourth-order valence-electron chi connectivity index (χ4n) is 5.10. The van der Waals surface area contributed by atoms with Crippen LogP contribution in [0.3, 0.4) is 0 Å². The number of carbonyl (C=O) groups excluding carboxylic acids is 1.